The molecule has 3 aliphatic rings. The van der Waals surface area contributed by atoms with Crippen molar-refractivity contribution >= 4 is 5.78 Å². The molecule has 2 nitrogen and oxygen atoms in total. The Kier molecular flexibility index (Phi) is 2.81. The lowest BCUT2D eigenvalue weighted by atomic mass is 9.83. The molecule has 96 valence electrons. The average molecular weight is 236 g/mol. The SMILES string of the molecule is CC(=O)C1(CC2CCC3(CCCCC3)O2)CC1. The first-order valence-corrected chi connectivity index (χ1v) is 7.33. The van der Waals surface area contributed by atoms with Crippen molar-refractivity contribution in [2.75, 3.05) is 0 Å². The second kappa shape index (κ2) is 4.08. The average Bonchev–Trinajstić information content (AvgIpc) is 3.00. The van der Waals surface area contributed by atoms with E-state index in [0.717, 1.165) is 19.3 Å². The number of ether oxygens (including phenoxy) is 1. The van der Waals surface area contributed by atoms with Gasteiger partial charge in [-0.25, -0.2) is 0 Å². The Balaban J connectivity index is 1.59. The third kappa shape index (κ3) is 2.16. The van der Waals surface area contributed by atoms with Crippen LogP contribution in [0.1, 0.15) is 71.1 Å². The molecule has 0 amide bonds. The van der Waals surface area contributed by atoms with Gasteiger partial charge in [0.1, 0.15) is 5.78 Å². The van der Waals surface area contributed by atoms with Crippen LogP contribution in [0.5, 0.6) is 0 Å². The molecule has 17 heavy (non-hydrogen) atoms. The van der Waals surface area contributed by atoms with Gasteiger partial charge in [0.25, 0.3) is 0 Å². The van der Waals surface area contributed by atoms with Crippen LogP contribution in [0.15, 0.2) is 0 Å². The van der Waals surface area contributed by atoms with Crippen LogP contribution >= 0.6 is 0 Å². The van der Waals surface area contributed by atoms with E-state index in [0.29, 0.717) is 11.9 Å². The minimum Gasteiger partial charge on any atom is -0.372 e. The Hall–Kier alpha value is -0.370. The zero-order chi connectivity index (χ0) is 11.9. The first kappa shape index (κ1) is 11.7. The lowest BCUT2D eigenvalue weighted by Crippen LogP contribution is -2.32. The molecule has 1 unspecified atom stereocenters. The van der Waals surface area contributed by atoms with Crippen LogP contribution in [-0.2, 0) is 9.53 Å². The summed E-state index contributed by atoms with van der Waals surface area (Å²) in [7, 11) is 0. The summed E-state index contributed by atoms with van der Waals surface area (Å²) in [4.78, 5) is 11.6. The van der Waals surface area contributed by atoms with Crippen molar-refractivity contribution in [3.05, 3.63) is 0 Å². The van der Waals surface area contributed by atoms with Gasteiger partial charge < -0.3 is 4.74 Å². The van der Waals surface area contributed by atoms with Gasteiger partial charge >= 0.3 is 0 Å². The van der Waals surface area contributed by atoms with E-state index in [1.165, 1.54) is 44.9 Å². The third-order valence-corrected chi connectivity index (χ3v) is 5.32. The Labute approximate surface area is 104 Å². The second-order valence-corrected chi connectivity index (χ2v) is 6.56. The molecule has 0 bridgehead atoms. The molecule has 0 radical (unpaired) electrons. The molecule has 0 aromatic heterocycles. The summed E-state index contributed by atoms with van der Waals surface area (Å²) >= 11 is 0. The fourth-order valence-corrected chi connectivity index (χ4v) is 3.89. The molecule has 2 aliphatic carbocycles. The van der Waals surface area contributed by atoms with E-state index in [1.54, 1.807) is 6.92 Å². The van der Waals surface area contributed by atoms with Gasteiger partial charge in [0.05, 0.1) is 11.7 Å². The van der Waals surface area contributed by atoms with E-state index in [1.807, 2.05) is 0 Å². The van der Waals surface area contributed by atoms with Crippen LogP contribution in [0.3, 0.4) is 0 Å². The first-order valence-electron chi connectivity index (χ1n) is 7.33. The highest BCUT2D eigenvalue weighted by atomic mass is 16.5. The quantitative estimate of drug-likeness (QED) is 0.748. The summed E-state index contributed by atoms with van der Waals surface area (Å²) < 4.78 is 6.36. The number of hydrogen-bond donors (Lipinski definition) is 0. The fourth-order valence-electron chi connectivity index (χ4n) is 3.89. The van der Waals surface area contributed by atoms with E-state index >= 15 is 0 Å². The molecule has 2 saturated carbocycles. The van der Waals surface area contributed by atoms with E-state index < -0.39 is 0 Å². The second-order valence-electron chi connectivity index (χ2n) is 6.56. The first-order chi connectivity index (χ1) is 8.14. The maximum atomic E-state index is 11.6. The summed E-state index contributed by atoms with van der Waals surface area (Å²) in [6.45, 7) is 1.76. The largest absolute Gasteiger partial charge is 0.372 e. The Morgan fingerprint density at radius 3 is 2.41 bits per heavy atom. The zero-order valence-corrected chi connectivity index (χ0v) is 11.0. The number of ketones is 1. The highest BCUT2D eigenvalue weighted by Gasteiger charge is 2.51. The minimum atomic E-state index is 0.0326. The lowest BCUT2D eigenvalue weighted by molar-refractivity contribution is -0.125. The highest BCUT2D eigenvalue weighted by molar-refractivity contribution is 5.85. The number of rotatable bonds is 3. The molecule has 3 fully saturated rings. The number of hydrogen-bond acceptors (Lipinski definition) is 2. The Morgan fingerprint density at radius 2 is 1.82 bits per heavy atom. The van der Waals surface area contributed by atoms with Crippen molar-refractivity contribution in [3.8, 4) is 0 Å². The summed E-state index contributed by atoms with van der Waals surface area (Å²) in [5, 5.41) is 0. The normalized spacial score (nSPS) is 33.8. The Bertz CT molecular complexity index is 311. The summed E-state index contributed by atoms with van der Waals surface area (Å²) in [5.74, 6) is 0.394. The van der Waals surface area contributed by atoms with E-state index in [2.05, 4.69) is 0 Å². The van der Waals surface area contributed by atoms with Crippen molar-refractivity contribution in [1.82, 2.24) is 0 Å². The van der Waals surface area contributed by atoms with E-state index in [9.17, 15) is 4.79 Å². The lowest BCUT2D eigenvalue weighted by Gasteiger charge is -2.33. The predicted octanol–water partition coefficient (Wildman–Crippen LogP) is 3.63. The Morgan fingerprint density at radius 1 is 1.12 bits per heavy atom. The maximum Gasteiger partial charge on any atom is 0.136 e. The molecule has 1 spiro atoms. The molecule has 1 saturated heterocycles. The number of carbonyl (C=O) groups is 1. The molecule has 3 rings (SSSR count). The van der Waals surface area contributed by atoms with Gasteiger partial charge in [-0.05, 0) is 51.9 Å². The van der Waals surface area contributed by atoms with Gasteiger partial charge in [0.15, 0.2) is 0 Å². The molecule has 1 aliphatic heterocycles. The predicted molar refractivity (Wildman–Crippen MR) is 66.9 cm³/mol. The maximum absolute atomic E-state index is 11.6. The van der Waals surface area contributed by atoms with Crippen molar-refractivity contribution in [2.45, 2.75) is 82.8 Å². The molecular formula is C15H24O2. The molecular weight excluding hydrogens is 212 g/mol. The molecule has 2 heteroatoms. The molecule has 0 N–H and O–H groups in total. The van der Waals surface area contributed by atoms with E-state index in [4.69, 9.17) is 4.74 Å². The third-order valence-electron chi connectivity index (χ3n) is 5.32. The summed E-state index contributed by atoms with van der Waals surface area (Å²) in [6, 6.07) is 0. The van der Waals surface area contributed by atoms with Gasteiger partial charge in [-0.1, -0.05) is 19.3 Å². The monoisotopic (exact) mass is 236 g/mol. The molecule has 0 aromatic rings. The van der Waals surface area contributed by atoms with Crippen LogP contribution in [0.4, 0.5) is 0 Å². The highest BCUT2D eigenvalue weighted by Crippen LogP contribution is 2.53. The van der Waals surface area contributed by atoms with Crippen LogP contribution in [0.2, 0.25) is 0 Å². The van der Waals surface area contributed by atoms with Crippen LogP contribution in [0.25, 0.3) is 0 Å². The van der Waals surface area contributed by atoms with Gasteiger partial charge in [-0.2, -0.15) is 0 Å². The molecule has 1 heterocycles. The topological polar surface area (TPSA) is 26.3 Å². The van der Waals surface area contributed by atoms with Gasteiger partial charge in [-0.15, -0.1) is 0 Å². The van der Waals surface area contributed by atoms with Crippen LogP contribution in [-0.4, -0.2) is 17.5 Å². The number of Topliss-reactive ketones (excluding diaryl/α,β-unsaturated/α-hetero) is 1. The minimum absolute atomic E-state index is 0.0326. The van der Waals surface area contributed by atoms with Crippen LogP contribution in [0, 0.1) is 5.41 Å². The van der Waals surface area contributed by atoms with Gasteiger partial charge in [-0.3, -0.25) is 4.79 Å². The standard InChI is InChI=1S/C15H24O2/c1-12(16)14(9-10-14)11-13-5-8-15(17-13)6-3-2-4-7-15/h13H,2-11H2,1H3. The fraction of sp³-hybridized carbons (Fsp3) is 0.933. The van der Waals surface area contributed by atoms with Crippen LogP contribution < -0.4 is 0 Å². The molecule has 0 aromatic carbocycles. The summed E-state index contributed by atoms with van der Waals surface area (Å²) in [6.07, 6.45) is 12.6. The number of carbonyl (C=O) groups excluding carboxylic acids is 1. The van der Waals surface area contributed by atoms with Crippen molar-refractivity contribution in [1.29, 1.82) is 0 Å². The molecule has 1 atom stereocenters. The zero-order valence-electron chi connectivity index (χ0n) is 11.0. The van der Waals surface area contributed by atoms with Crippen molar-refractivity contribution in [2.24, 2.45) is 5.41 Å². The van der Waals surface area contributed by atoms with Gasteiger partial charge in [0, 0.05) is 5.41 Å². The van der Waals surface area contributed by atoms with E-state index in [-0.39, 0.29) is 11.0 Å². The smallest absolute Gasteiger partial charge is 0.136 e. The van der Waals surface area contributed by atoms with Crippen molar-refractivity contribution < 1.29 is 9.53 Å². The van der Waals surface area contributed by atoms with Gasteiger partial charge in [0.2, 0.25) is 0 Å². The summed E-state index contributed by atoms with van der Waals surface area (Å²) in [5.41, 5.74) is 0.251. The van der Waals surface area contributed by atoms with Crippen molar-refractivity contribution in [3.63, 3.8) is 0 Å².